The molecule has 0 rings (SSSR count). The second-order valence-electron chi connectivity index (χ2n) is 31.1. The maximum atomic E-state index is 13.1. The number of unbranched alkanes of at least 4 members (excludes halogenated alkanes) is 44. The van der Waals surface area contributed by atoms with E-state index in [1.165, 1.54) is 212 Å². The lowest BCUT2D eigenvalue weighted by Gasteiger charge is -2.21. The first-order chi connectivity index (χ1) is 48.1. The number of aliphatic hydroxyl groups excluding tert-OH is 1. The van der Waals surface area contributed by atoms with Gasteiger partial charge in [-0.2, -0.15) is 0 Å². The molecule has 17 nitrogen and oxygen atoms in total. The third kappa shape index (κ3) is 74.3. The Labute approximate surface area is 613 Å². The van der Waals surface area contributed by atoms with E-state index in [9.17, 15) is 43.2 Å². The minimum atomic E-state index is -4.96. The van der Waals surface area contributed by atoms with E-state index in [1.807, 2.05) is 0 Å². The number of phosphoric acid groups is 2. The molecule has 0 spiro atoms. The van der Waals surface area contributed by atoms with Crippen molar-refractivity contribution >= 4 is 39.5 Å². The van der Waals surface area contributed by atoms with Crippen molar-refractivity contribution in [1.82, 2.24) is 0 Å². The van der Waals surface area contributed by atoms with Gasteiger partial charge in [-0.05, 0) is 49.4 Å². The normalized spacial score (nSPS) is 14.0. The molecular weight excluding hydrogens is 1310 g/mol. The van der Waals surface area contributed by atoms with Gasteiger partial charge in [-0.3, -0.25) is 37.3 Å². The zero-order chi connectivity index (χ0) is 73.8. The molecular formula is C81H158O17P2. The standard InChI is InChI=1S/C81H158O17P2/c1-71(2)57-49-41-33-26-20-14-10-9-11-16-24-30-38-47-55-63-80(85)97-76(67-91-78(83)61-53-45-37-29-23-19-18-22-28-35-43-51-59-73(5)6)69-95-99(87,88)93-65-75(82)66-94-100(89,90)96-70-77(68-92-79(84)62-54-46-40-32-36-44-52-60-74(7)8)98-81(86)64-56-48-39-31-25-17-13-12-15-21-27-34-42-50-58-72(3)4/h71-77,82H,9-70H2,1-8H3,(H,87,88)(H,89,90)/t75?,76-,77-/m1/s1. The molecule has 0 radical (unpaired) electrons. The molecule has 0 bridgehead atoms. The van der Waals surface area contributed by atoms with Crippen molar-refractivity contribution < 1.29 is 80.2 Å². The predicted octanol–water partition coefficient (Wildman–Crippen LogP) is 24.0. The van der Waals surface area contributed by atoms with E-state index >= 15 is 0 Å². The van der Waals surface area contributed by atoms with Crippen molar-refractivity contribution in [3.8, 4) is 0 Å². The van der Waals surface area contributed by atoms with Gasteiger partial charge in [-0.25, -0.2) is 9.13 Å². The Hall–Kier alpha value is -1.94. The highest BCUT2D eigenvalue weighted by molar-refractivity contribution is 7.47. The maximum Gasteiger partial charge on any atom is 0.472 e. The second-order valence-corrected chi connectivity index (χ2v) is 34.0. The fourth-order valence-corrected chi connectivity index (χ4v) is 14.0. The Morgan fingerprint density at radius 2 is 0.420 bits per heavy atom. The number of carbonyl (C=O) groups is 4. The summed E-state index contributed by atoms with van der Waals surface area (Å²) in [5.41, 5.74) is 0. The molecule has 0 heterocycles. The van der Waals surface area contributed by atoms with Crippen LogP contribution in [0.15, 0.2) is 0 Å². The van der Waals surface area contributed by atoms with Gasteiger partial charge >= 0.3 is 39.5 Å². The first-order valence-electron chi connectivity index (χ1n) is 41.7. The average Bonchev–Trinajstić information content (AvgIpc) is 0.976. The molecule has 0 aromatic rings. The van der Waals surface area contributed by atoms with Crippen LogP contribution in [0.1, 0.15) is 415 Å². The summed E-state index contributed by atoms with van der Waals surface area (Å²) in [6, 6.07) is 0. The molecule has 19 heteroatoms. The Kier molecular flexibility index (Phi) is 68.7. The number of aliphatic hydroxyl groups is 1. The van der Waals surface area contributed by atoms with Gasteiger partial charge in [0.05, 0.1) is 26.4 Å². The number of phosphoric ester groups is 2. The maximum absolute atomic E-state index is 13.1. The van der Waals surface area contributed by atoms with Crippen LogP contribution in [0.2, 0.25) is 0 Å². The highest BCUT2D eigenvalue weighted by Crippen LogP contribution is 2.45. The van der Waals surface area contributed by atoms with Gasteiger partial charge in [0, 0.05) is 25.7 Å². The van der Waals surface area contributed by atoms with E-state index in [0.29, 0.717) is 31.6 Å². The van der Waals surface area contributed by atoms with Crippen LogP contribution >= 0.6 is 15.6 Å². The molecule has 0 amide bonds. The molecule has 0 aliphatic carbocycles. The van der Waals surface area contributed by atoms with E-state index < -0.39 is 97.5 Å². The van der Waals surface area contributed by atoms with Crippen molar-refractivity contribution in [2.75, 3.05) is 39.6 Å². The van der Waals surface area contributed by atoms with Crippen molar-refractivity contribution in [2.45, 2.75) is 433 Å². The first-order valence-corrected chi connectivity index (χ1v) is 44.7. The Bertz CT molecular complexity index is 1950. The lowest BCUT2D eigenvalue weighted by molar-refractivity contribution is -0.161. The fraction of sp³-hybridized carbons (Fsp3) is 0.951. The summed E-state index contributed by atoms with van der Waals surface area (Å²) >= 11 is 0. The topological polar surface area (TPSA) is 237 Å². The number of carbonyl (C=O) groups excluding carboxylic acids is 4. The zero-order valence-electron chi connectivity index (χ0n) is 65.8. The van der Waals surface area contributed by atoms with Crippen molar-refractivity contribution in [3.63, 3.8) is 0 Å². The van der Waals surface area contributed by atoms with E-state index in [2.05, 4.69) is 55.4 Å². The Morgan fingerprint density at radius 1 is 0.250 bits per heavy atom. The Balaban J connectivity index is 5.24. The van der Waals surface area contributed by atoms with E-state index in [4.69, 9.17) is 37.0 Å². The number of rotatable bonds is 78. The van der Waals surface area contributed by atoms with Crippen LogP contribution in [-0.2, 0) is 65.4 Å². The number of hydrogen-bond acceptors (Lipinski definition) is 15. The summed E-state index contributed by atoms with van der Waals surface area (Å²) in [5.74, 6) is 0.971. The van der Waals surface area contributed by atoms with Crippen LogP contribution in [0, 0.1) is 23.7 Å². The average molecular weight is 1470 g/mol. The largest absolute Gasteiger partial charge is 0.472 e. The minimum Gasteiger partial charge on any atom is -0.462 e. The van der Waals surface area contributed by atoms with Gasteiger partial charge in [-0.15, -0.1) is 0 Å². The van der Waals surface area contributed by atoms with Crippen LogP contribution < -0.4 is 0 Å². The molecule has 0 aliphatic rings. The first kappa shape index (κ1) is 98.1. The fourth-order valence-electron chi connectivity index (χ4n) is 12.4. The van der Waals surface area contributed by atoms with E-state index in [-0.39, 0.29) is 25.7 Å². The van der Waals surface area contributed by atoms with Crippen LogP contribution in [0.4, 0.5) is 0 Å². The molecule has 0 aromatic carbocycles. The molecule has 100 heavy (non-hydrogen) atoms. The van der Waals surface area contributed by atoms with Gasteiger partial charge in [0.25, 0.3) is 0 Å². The van der Waals surface area contributed by atoms with Crippen molar-refractivity contribution in [1.29, 1.82) is 0 Å². The monoisotopic (exact) mass is 1470 g/mol. The molecule has 0 aliphatic heterocycles. The molecule has 3 N–H and O–H groups in total. The summed E-state index contributed by atoms with van der Waals surface area (Å²) in [4.78, 5) is 73.0. The van der Waals surface area contributed by atoms with E-state index in [1.54, 1.807) is 0 Å². The minimum absolute atomic E-state index is 0.106. The quantitative estimate of drug-likeness (QED) is 0.0222. The highest BCUT2D eigenvalue weighted by atomic mass is 31.2. The number of ether oxygens (including phenoxy) is 4. The van der Waals surface area contributed by atoms with Crippen LogP contribution in [0.25, 0.3) is 0 Å². The van der Waals surface area contributed by atoms with Crippen LogP contribution in [0.5, 0.6) is 0 Å². The molecule has 0 fully saturated rings. The SMILES string of the molecule is CC(C)CCCCCCCCCCCCCCCCCC(=O)O[C@H](COC(=O)CCCCCCCCCCCCCCC(C)C)COP(=O)(O)OCC(O)COP(=O)(O)OC[C@@H](COC(=O)CCCCCCCCCC(C)C)OC(=O)CCCCCCCCCCCCCCCCC(C)C. The van der Waals surface area contributed by atoms with Gasteiger partial charge in [-0.1, -0.05) is 364 Å². The number of hydrogen-bond donors (Lipinski definition) is 3. The molecule has 0 aromatic heterocycles. The molecule has 5 atom stereocenters. The summed E-state index contributed by atoms with van der Waals surface area (Å²) < 4.78 is 68.7. The van der Waals surface area contributed by atoms with Gasteiger partial charge in [0.1, 0.15) is 19.3 Å². The number of esters is 4. The van der Waals surface area contributed by atoms with Crippen LogP contribution in [0.3, 0.4) is 0 Å². The third-order valence-electron chi connectivity index (χ3n) is 18.8. The van der Waals surface area contributed by atoms with Gasteiger partial charge in [0.2, 0.25) is 0 Å². The molecule has 594 valence electrons. The lowest BCUT2D eigenvalue weighted by Crippen LogP contribution is -2.30. The summed E-state index contributed by atoms with van der Waals surface area (Å²) in [6.07, 6.45) is 56.9. The second kappa shape index (κ2) is 70.1. The van der Waals surface area contributed by atoms with Gasteiger partial charge in [0.15, 0.2) is 12.2 Å². The van der Waals surface area contributed by atoms with E-state index in [0.717, 1.165) is 114 Å². The molecule has 3 unspecified atom stereocenters. The predicted molar refractivity (Wildman–Crippen MR) is 409 cm³/mol. The van der Waals surface area contributed by atoms with Crippen LogP contribution in [-0.4, -0.2) is 96.7 Å². The highest BCUT2D eigenvalue weighted by Gasteiger charge is 2.30. The zero-order valence-corrected chi connectivity index (χ0v) is 67.6. The third-order valence-corrected chi connectivity index (χ3v) is 20.7. The van der Waals surface area contributed by atoms with Crippen molar-refractivity contribution in [3.05, 3.63) is 0 Å². The summed E-state index contributed by atoms with van der Waals surface area (Å²) in [5, 5.41) is 10.6. The van der Waals surface area contributed by atoms with Gasteiger partial charge < -0.3 is 33.8 Å². The summed E-state index contributed by atoms with van der Waals surface area (Å²) in [7, 11) is -9.92. The molecule has 0 saturated heterocycles. The summed E-state index contributed by atoms with van der Waals surface area (Å²) in [6.45, 7) is 14.3. The smallest absolute Gasteiger partial charge is 0.462 e. The Morgan fingerprint density at radius 3 is 0.620 bits per heavy atom. The van der Waals surface area contributed by atoms with Crippen molar-refractivity contribution in [2.24, 2.45) is 23.7 Å². The molecule has 0 saturated carbocycles. The lowest BCUT2D eigenvalue weighted by atomic mass is 10.0.